The van der Waals surface area contributed by atoms with E-state index in [2.05, 4.69) is 0 Å². The highest BCUT2D eigenvalue weighted by atomic mass is 16.3. The summed E-state index contributed by atoms with van der Waals surface area (Å²) in [4.78, 5) is 13.2. The summed E-state index contributed by atoms with van der Waals surface area (Å²) in [5.74, 6) is -1.40. The van der Waals surface area contributed by atoms with E-state index in [1.165, 1.54) is 23.1 Å². The zero-order valence-corrected chi connectivity index (χ0v) is 8.95. The number of benzene rings is 1. The topological polar surface area (TPSA) is 101 Å². The van der Waals surface area contributed by atoms with Crippen LogP contribution in [0.3, 0.4) is 0 Å². The van der Waals surface area contributed by atoms with Crippen molar-refractivity contribution in [3.8, 4) is 11.5 Å². The Kier molecular flexibility index (Phi) is 2.91. The Hall–Kier alpha value is -1.79. The van der Waals surface area contributed by atoms with Crippen molar-refractivity contribution in [2.75, 3.05) is 13.1 Å². The van der Waals surface area contributed by atoms with E-state index in [1.807, 2.05) is 0 Å². The highest BCUT2D eigenvalue weighted by Gasteiger charge is 2.33. The molecule has 0 bridgehead atoms. The van der Waals surface area contributed by atoms with E-state index in [0.717, 1.165) is 0 Å². The molecule has 0 aliphatic carbocycles. The van der Waals surface area contributed by atoms with Gasteiger partial charge >= 0.3 is 0 Å². The number of hydrogen-bond acceptors (Lipinski definition) is 5. The van der Waals surface area contributed by atoms with Gasteiger partial charge in [0.05, 0.1) is 17.8 Å². The standard InChI is InChI=1S/C11H13NO5/c13-7-3-1-2-6(10(7)16)11(17)12-4-8(14)9(15)5-12/h1-3,8-9,13-16H,4-5H2. The molecule has 1 aliphatic rings. The molecule has 1 fully saturated rings. The first kappa shape index (κ1) is 11.7. The molecule has 92 valence electrons. The van der Waals surface area contributed by atoms with Crippen LogP contribution >= 0.6 is 0 Å². The van der Waals surface area contributed by atoms with Gasteiger partial charge in [0, 0.05) is 13.1 Å². The number of carbonyl (C=O) groups is 1. The minimum absolute atomic E-state index is 0.00902. The molecule has 1 heterocycles. The first-order chi connectivity index (χ1) is 8.00. The maximum atomic E-state index is 11.9. The summed E-state index contributed by atoms with van der Waals surface area (Å²) in [5.41, 5.74) is -0.0497. The Balaban J connectivity index is 2.24. The normalized spacial score (nSPS) is 24.0. The van der Waals surface area contributed by atoms with Gasteiger partial charge in [0.15, 0.2) is 11.5 Å². The lowest BCUT2D eigenvalue weighted by atomic mass is 10.1. The number of aliphatic hydroxyl groups excluding tert-OH is 2. The maximum absolute atomic E-state index is 11.9. The number of nitrogens with zero attached hydrogens (tertiary/aromatic N) is 1. The van der Waals surface area contributed by atoms with Crippen LogP contribution in [0.2, 0.25) is 0 Å². The van der Waals surface area contributed by atoms with Gasteiger partial charge in [-0.3, -0.25) is 4.79 Å². The van der Waals surface area contributed by atoms with Gasteiger partial charge in [-0.15, -0.1) is 0 Å². The lowest BCUT2D eigenvalue weighted by molar-refractivity contribution is 0.0572. The fourth-order valence-corrected chi connectivity index (χ4v) is 1.81. The minimum Gasteiger partial charge on any atom is -0.504 e. The molecular weight excluding hydrogens is 226 g/mol. The first-order valence-corrected chi connectivity index (χ1v) is 5.17. The highest BCUT2D eigenvalue weighted by molar-refractivity contribution is 5.97. The number of phenols is 2. The van der Waals surface area contributed by atoms with E-state index in [1.54, 1.807) is 0 Å². The molecule has 1 aliphatic heterocycles. The minimum atomic E-state index is -0.974. The second-order valence-electron chi connectivity index (χ2n) is 4.02. The Morgan fingerprint density at radius 1 is 1.18 bits per heavy atom. The Morgan fingerprint density at radius 2 is 1.76 bits per heavy atom. The molecule has 0 saturated carbocycles. The van der Waals surface area contributed by atoms with Crippen LogP contribution in [0.1, 0.15) is 10.4 Å². The summed E-state index contributed by atoms with van der Waals surface area (Å²) in [7, 11) is 0. The molecule has 1 aromatic rings. The number of aliphatic hydroxyl groups is 2. The van der Waals surface area contributed by atoms with Gasteiger partial charge in [0.25, 0.3) is 5.91 Å². The van der Waals surface area contributed by atoms with Crippen LogP contribution in [-0.4, -0.2) is 56.5 Å². The fraction of sp³-hybridized carbons (Fsp3) is 0.364. The van der Waals surface area contributed by atoms with E-state index in [9.17, 15) is 25.2 Å². The molecule has 0 radical (unpaired) electrons. The van der Waals surface area contributed by atoms with Crippen molar-refractivity contribution in [2.45, 2.75) is 12.2 Å². The maximum Gasteiger partial charge on any atom is 0.257 e. The number of aromatic hydroxyl groups is 2. The molecule has 4 N–H and O–H groups in total. The predicted molar refractivity (Wildman–Crippen MR) is 57.7 cm³/mol. The van der Waals surface area contributed by atoms with Crippen molar-refractivity contribution >= 4 is 5.91 Å². The van der Waals surface area contributed by atoms with Crippen molar-refractivity contribution in [1.82, 2.24) is 4.90 Å². The van der Waals surface area contributed by atoms with Crippen LogP contribution in [0, 0.1) is 0 Å². The molecule has 2 unspecified atom stereocenters. The second kappa shape index (κ2) is 4.23. The van der Waals surface area contributed by atoms with Gasteiger partial charge in [0.1, 0.15) is 0 Å². The largest absolute Gasteiger partial charge is 0.504 e. The summed E-state index contributed by atoms with van der Waals surface area (Å²) in [6, 6.07) is 4.07. The summed E-state index contributed by atoms with van der Waals surface area (Å²) in [6.07, 6.45) is -1.95. The number of likely N-dealkylation sites (tertiary alicyclic amines) is 1. The number of amides is 1. The molecule has 1 amide bonds. The number of carbonyl (C=O) groups excluding carboxylic acids is 1. The van der Waals surface area contributed by atoms with Crippen LogP contribution in [0.25, 0.3) is 0 Å². The van der Waals surface area contributed by atoms with E-state index >= 15 is 0 Å². The van der Waals surface area contributed by atoms with Gasteiger partial charge in [0.2, 0.25) is 0 Å². The molecule has 6 heteroatoms. The summed E-state index contributed by atoms with van der Waals surface area (Å²) in [6.45, 7) is 0.0180. The molecule has 0 aromatic heterocycles. The lowest BCUT2D eigenvalue weighted by Crippen LogP contribution is -2.29. The molecular formula is C11H13NO5. The molecule has 2 rings (SSSR count). The van der Waals surface area contributed by atoms with Crippen LogP contribution in [0.5, 0.6) is 11.5 Å². The van der Waals surface area contributed by atoms with Gasteiger partial charge in [-0.2, -0.15) is 0 Å². The molecule has 1 saturated heterocycles. The average molecular weight is 239 g/mol. The van der Waals surface area contributed by atoms with Crippen molar-refractivity contribution in [1.29, 1.82) is 0 Å². The third-order valence-electron chi connectivity index (χ3n) is 2.79. The lowest BCUT2D eigenvalue weighted by Gasteiger charge is -2.16. The zero-order valence-electron chi connectivity index (χ0n) is 8.95. The van der Waals surface area contributed by atoms with Gasteiger partial charge in [-0.1, -0.05) is 6.07 Å². The van der Waals surface area contributed by atoms with E-state index in [4.69, 9.17) is 0 Å². The third kappa shape index (κ3) is 2.04. The van der Waals surface area contributed by atoms with Gasteiger partial charge in [-0.25, -0.2) is 0 Å². The summed E-state index contributed by atoms with van der Waals surface area (Å²) < 4.78 is 0. The van der Waals surface area contributed by atoms with Crippen LogP contribution in [0.15, 0.2) is 18.2 Å². The number of hydrogen-bond donors (Lipinski definition) is 4. The quantitative estimate of drug-likeness (QED) is 0.484. The first-order valence-electron chi connectivity index (χ1n) is 5.17. The monoisotopic (exact) mass is 239 g/mol. The molecule has 6 nitrogen and oxygen atoms in total. The van der Waals surface area contributed by atoms with Crippen molar-refractivity contribution < 1.29 is 25.2 Å². The predicted octanol–water partition coefficient (Wildman–Crippen LogP) is -0.725. The Morgan fingerprint density at radius 3 is 2.35 bits per heavy atom. The van der Waals surface area contributed by atoms with Crippen LogP contribution in [-0.2, 0) is 0 Å². The Labute approximate surface area is 97.3 Å². The number of para-hydroxylation sites is 1. The number of β-amino-alcohol motifs (C(OH)–C–C–N with tert-alkyl or cyclic N) is 2. The smallest absolute Gasteiger partial charge is 0.257 e. The highest BCUT2D eigenvalue weighted by Crippen LogP contribution is 2.29. The van der Waals surface area contributed by atoms with E-state index in [0.29, 0.717) is 0 Å². The van der Waals surface area contributed by atoms with Crippen LogP contribution in [0.4, 0.5) is 0 Å². The number of rotatable bonds is 1. The van der Waals surface area contributed by atoms with Crippen molar-refractivity contribution in [3.05, 3.63) is 23.8 Å². The van der Waals surface area contributed by atoms with Gasteiger partial charge in [-0.05, 0) is 12.1 Å². The van der Waals surface area contributed by atoms with Crippen molar-refractivity contribution in [3.63, 3.8) is 0 Å². The SMILES string of the molecule is O=C(c1cccc(O)c1O)N1CC(O)C(O)C1. The average Bonchev–Trinajstić information content (AvgIpc) is 2.62. The fourth-order valence-electron chi connectivity index (χ4n) is 1.81. The number of phenolic OH excluding ortho intramolecular Hbond substituents is 2. The third-order valence-corrected chi connectivity index (χ3v) is 2.79. The summed E-state index contributed by atoms with van der Waals surface area (Å²) in [5, 5.41) is 37.5. The second-order valence-corrected chi connectivity index (χ2v) is 4.02. The van der Waals surface area contributed by atoms with Crippen LogP contribution < -0.4 is 0 Å². The molecule has 2 atom stereocenters. The van der Waals surface area contributed by atoms with Gasteiger partial charge < -0.3 is 25.3 Å². The molecule has 1 aromatic carbocycles. The van der Waals surface area contributed by atoms with Crippen molar-refractivity contribution in [2.24, 2.45) is 0 Å². The molecule has 0 spiro atoms. The Bertz CT molecular complexity index is 437. The zero-order chi connectivity index (χ0) is 12.6. The molecule has 17 heavy (non-hydrogen) atoms. The summed E-state index contributed by atoms with van der Waals surface area (Å²) >= 11 is 0. The van der Waals surface area contributed by atoms with E-state index in [-0.39, 0.29) is 24.4 Å². The van der Waals surface area contributed by atoms with E-state index < -0.39 is 23.9 Å².